The van der Waals surface area contributed by atoms with E-state index in [1.54, 1.807) is 0 Å². The number of urea groups is 1. The van der Waals surface area contributed by atoms with Gasteiger partial charge in [0.25, 0.3) is 0 Å². The molecule has 3 heterocycles. The van der Waals surface area contributed by atoms with Crippen LogP contribution >= 0.6 is 0 Å². The van der Waals surface area contributed by atoms with Crippen LogP contribution in [0.15, 0.2) is 18.3 Å². The zero-order valence-electron chi connectivity index (χ0n) is 17.6. The number of carbonyl (C=O) groups is 1. The van der Waals surface area contributed by atoms with Crippen LogP contribution in [0.2, 0.25) is 0 Å². The lowest BCUT2D eigenvalue weighted by Crippen LogP contribution is -2.40. The van der Waals surface area contributed by atoms with Crippen LogP contribution in [0.1, 0.15) is 57.9 Å². The number of piperidine rings is 2. The molecule has 0 aromatic carbocycles. The first-order valence-corrected chi connectivity index (χ1v) is 11.1. The molecule has 1 unspecified atom stereocenters. The number of carbonyl (C=O) groups excluding carboxylic acids is 1. The molecule has 1 atom stereocenters. The van der Waals surface area contributed by atoms with Gasteiger partial charge in [-0.3, -0.25) is 0 Å². The molecular formula is C22H37N5O. The second-order valence-corrected chi connectivity index (χ2v) is 8.54. The SMILES string of the molecule is CC1CCN(c2ccc(CNC(=O)NCCCN3CCCCC3C)cn2)CC1. The van der Waals surface area contributed by atoms with Crippen molar-refractivity contribution in [3.63, 3.8) is 0 Å². The van der Waals surface area contributed by atoms with E-state index in [2.05, 4.69) is 51.4 Å². The Labute approximate surface area is 170 Å². The lowest BCUT2D eigenvalue weighted by Gasteiger charge is -2.33. The summed E-state index contributed by atoms with van der Waals surface area (Å²) in [7, 11) is 0. The Bertz CT molecular complexity index is 597. The van der Waals surface area contributed by atoms with E-state index in [1.165, 1.54) is 38.6 Å². The lowest BCUT2D eigenvalue weighted by atomic mass is 9.99. The Morgan fingerprint density at radius 2 is 1.93 bits per heavy atom. The average molecular weight is 388 g/mol. The largest absolute Gasteiger partial charge is 0.357 e. The maximum absolute atomic E-state index is 12.0. The zero-order chi connectivity index (χ0) is 19.8. The summed E-state index contributed by atoms with van der Waals surface area (Å²) >= 11 is 0. The molecule has 28 heavy (non-hydrogen) atoms. The van der Waals surface area contributed by atoms with E-state index in [-0.39, 0.29) is 6.03 Å². The Morgan fingerprint density at radius 1 is 1.11 bits per heavy atom. The van der Waals surface area contributed by atoms with E-state index in [9.17, 15) is 4.79 Å². The molecule has 6 nitrogen and oxygen atoms in total. The lowest BCUT2D eigenvalue weighted by molar-refractivity contribution is 0.159. The van der Waals surface area contributed by atoms with E-state index in [0.717, 1.165) is 49.9 Å². The summed E-state index contributed by atoms with van der Waals surface area (Å²) in [4.78, 5) is 21.5. The number of aromatic nitrogens is 1. The maximum atomic E-state index is 12.0. The molecule has 1 aromatic rings. The Morgan fingerprint density at radius 3 is 2.64 bits per heavy atom. The van der Waals surface area contributed by atoms with Gasteiger partial charge in [-0.15, -0.1) is 0 Å². The molecule has 0 saturated carbocycles. The predicted molar refractivity (Wildman–Crippen MR) is 115 cm³/mol. The third kappa shape index (κ3) is 6.36. The fraction of sp³-hybridized carbons (Fsp3) is 0.727. The molecule has 1 aromatic heterocycles. The number of likely N-dealkylation sites (tertiary alicyclic amines) is 1. The minimum absolute atomic E-state index is 0.0965. The Hall–Kier alpha value is -1.82. The molecule has 0 bridgehead atoms. The minimum Gasteiger partial charge on any atom is -0.357 e. The van der Waals surface area contributed by atoms with Gasteiger partial charge in [0.15, 0.2) is 0 Å². The topological polar surface area (TPSA) is 60.5 Å². The summed E-state index contributed by atoms with van der Waals surface area (Å²) in [6.45, 7) is 10.3. The third-order valence-electron chi connectivity index (χ3n) is 6.22. The highest BCUT2D eigenvalue weighted by molar-refractivity contribution is 5.73. The fourth-order valence-electron chi connectivity index (χ4n) is 4.16. The smallest absolute Gasteiger partial charge is 0.315 e. The van der Waals surface area contributed by atoms with Crippen molar-refractivity contribution in [2.75, 3.05) is 37.6 Å². The van der Waals surface area contributed by atoms with Crippen molar-refractivity contribution in [2.45, 2.75) is 65.0 Å². The molecule has 2 amide bonds. The van der Waals surface area contributed by atoms with Crippen LogP contribution in [0, 0.1) is 5.92 Å². The standard InChI is InChI=1S/C22H37N5O/c1-18-9-14-27(15-10-18)21-8-7-20(16-24-21)17-25-22(28)23-11-5-13-26-12-4-3-6-19(26)2/h7-8,16,18-19H,3-6,9-15,17H2,1-2H3,(H2,23,25,28). The van der Waals surface area contributed by atoms with Gasteiger partial charge in [0.1, 0.15) is 5.82 Å². The average Bonchev–Trinajstić information content (AvgIpc) is 2.72. The van der Waals surface area contributed by atoms with E-state index >= 15 is 0 Å². The van der Waals surface area contributed by atoms with E-state index in [4.69, 9.17) is 0 Å². The van der Waals surface area contributed by atoms with Crippen LogP contribution < -0.4 is 15.5 Å². The quantitative estimate of drug-likeness (QED) is 0.704. The first-order chi connectivity index (χ1) is 13.6. The molecule has 0 spiro atoms. The van der Waals surface area contributed by atoms with Gasteiger partial charge in [0, 0.05) is 45.0 Å². The molecule has 2 aliphatic rings. The van der Waals surface area contributed by atoms with Gasteiger partial charge in [-0.05, 0) is 63.1 Å². The van der Waals surface area contributed by atoms with Gasteiger partial charge in [-0.2, -0.15) is 0 Å². The molecule has 0 aliphatic carbocycles. The van der Waals surface area contributed by atoms with Crippen molar-refractivity contribution in [3.05, 3.63) is 23.9 Å². The van der Waals surface area contributed by atoms with Crippen LogP contribution in [0.5, 0.6) is 0 Å². The summed E-state index contributed by atoms with van der Waals surface area (Å²) in [5, 5.41) is 5.90. The number of hydrogen-bond acceptors (Lipinski definition) is 4. The van der Waals surface area contributed by atoms with Crippen molar-refractivity contribution < 1.29 is 4.79 Å². The van der Waals surface area contributed by atoms with Crippen molar-refractivity contribution in [3.8, 4) is 0 Å². The van der Waals surface area contributed by atoms with Gasteiger partial charge in [-0.1, -0.05) is 19.4 Å². The summed E-state index contributed by atoms with van der Waals surface area (Å²) in [5.74, 6) is 1.87. The number of hydrogen-bond donors (Lipinski definition) is 2. The number of pyridine rings is 1. The van der Waals surface area contributed by atoms with Crippen molar-refractivity contribution in [1.29, 1.82) is 0 Å². The summed E-state index contributed by atoms with van der Waals surface area (Å²) < 4.78 is 0. The first-order valence-electron chi connectivity index (χ1n) is 11.1. The Balaban J connectivity index is 1.31. The van der Waals surface area contributed by atoms with E-state index < -0.39 is 0 Å². The van der Waals surface area contributed by atoms with Gasteiger partial charge in [0.2, 0.25) is 0 Å². The number of nitrogens with zero attached hydrogens (tertiary/aromatic N) is 3. The van der Waals surface area contributed by atoms with Crippen molar-refractivity contribution >= 4 is 11.8 Å². The van der Waals surface area contributed by atoms with E-state index in [0.29, 0.717) is 12.6 Å². The molecule has 2 fully saturated rings. The van der Waals surface area contributed by atoms with Gasteiger partial charge in [-0.25, -0.2) is 9.78 Å². The molecule has 2 aliphatic heterocycles. The molecule has 2 N–H and O–H groups in total. The zero-order valence-corrected chi connectivity index (χ0v) is 17.6. The highest BCUT2D eigenvalue weighted by Crippen LogP contribution is 2.21. The number of rotatable bonds is 7. The normalized spacial score (nSPS) is 21.5. The molecule has 6 heteroatoms. The number of anilines is 1. The molecule has 156 valence electrons. The van der Waals surface area contributed by atoms with Gasteiger partial charge < -0.3 is 20.4 Å². The maximum Gasteiger partial charge on any atom is 0.315 e. The summed E-state index contributed by atoms with van der Waals surface area (Å²) in [5.41, 5.74) is 1.03. The number of nitrogens with one attached hydrogen (secondary N) is 2. The van der Waals surface area contributed by atoms with E-state index in [1.807, 2.05) is 6.20 Å². The van der Waals surface area contributed by atoms with Gasteiger partial charge >= 0.3 is 6.03 Å². The van der Waals surface area contributed by atoms with Crippen molar-refractivity contribution in [1.82, 2.24) is 20.5 Å². The second-order valence-electron chi connectivity index (χ2n) is 8.54. The molecule has 2 saturated heterocycles. The summed E-state index contributed by atoms with van der Waals surface area (Å²) in [6, 6.07) is 4.73. The second kappa shape index (κ2) is 10.6. The van der Waals surface area contributed by atoms with Crippen LogP contribution in [0.4, 0.5) is 10.6 Å². The third-order valence-corrected chi connectivity index (χ3v) is 6.22. The molecule has 0 radical (unpaired) electrons. The highest BCUT2D eigenvalue weighted by atomic mass is 16.2. The molecule has 3 rings (SSSR count). The van der Waals surface area contributed by atoms with Crippen molar-refractivity contribution in [2.24, 2.45) is 5.92 Å². The number of amides is 2. The summed E-state index contributed by atoms with van der Waals surface area (Å²) in [6.07, 6.45) is 9.32. The monoisotopic (exact) mass is 387 g/mol. The minimum atomic E-state index is -0.0965. The van der Waals surface area contributed by atoms with Crippen LogP contribution in [-0.2, 0) is 6.54 Å². The van der Waals surface area contributed by atoms with Crippen LogP contribution in [-0.4, -0.2) is 54.7 Å². The Kier molecular flexibility index (Phi) is 7.95. The van der Waals surface area contributed by atoms with Crippen LogP contribution in [0.3, 0.4) is 0 Å². The van der Waals surface area contributed by atoms with Crippen LogP contribution in [0.25, 0.3) is 0 Å². The van der Waals surface area contributed by atoms with Gasteiger partial charge in [0.05, 0.1) is 0 Å². The molecular weight excluding hydrogens is 350 g/mol. The first kappa shape index (κ1) is 20.9. The highest BCUT2D eigenvalue weighted by Gasteiger charge is 2.18. The fourth-order valence-corrected chi connectivity index (χ4v) is 4.16. The predicted octanol–water partition coefficient (Wildman–Crippen LogP) is 3.38.